The average molecular weight is 222 g/mol. The average Bonchev–Trinajstić information content (AvgIpc) is 2.99. The van der Waals surface area contributed by atoms with E-state index in [0.717, 1.165) is 31.1 Å². The monoisotopic (exact) mass is 222 g/mol. The fraction of sp³-hybridized carbons (Fsp3) is 0.933. The van der Waals surface area contributed by atoms with Gasteiger partial charge in [0.05, 0.1) is 0 Å². The first-order chi connectivity index (χ1) is 7.86. The number of hydrogen-bond donors (Lipinski definition) is 0. The molecule has 92 valence electrons. The molecule has 2 aliphatic rings. The molecule has 0 amide bonds. The largest absolute Gasteiger partial charge is 0.300 e. The lowest BCUT2D eigenvalue weighted by molar-refractivity contribution is -0.119. The van der Waals surface area contributed by atoms with Crippen molar-refractivity contribution in [1.29, 1.82) is 0 Å². The first-order valence-electron chi connectivity index (χ1n) is 7.38. The van der Waals surface area contributed by atoms with Crippen LogP contribution in [0, 0.1) is 11.8 Å². The van der Waals surface area contributed by atoms with Crippen molar-refractivity contribution in [3.05, 3.63) is 0 Å². The third-order valence-electron chi connectivity index (χ3n) is 4.34. The smallest absolute Gasteiger partial charge is 0.133 e. The Balaban J connectivity index is 1.70. The zero-order valence-electron chi connectivity index (χ0n) is 10.5. The summed E-state index contributed by atoms with van der Waals surface area (Å²) in [6, 6.07) is 0. The summed E-state index contributed by atoms with van der Waals surface area (Å²) >= 11 is 0. The van der Waals surface area contributed by atoms with Crippen LogP contribution in [0.2, 0.25) is 0 Å². The van der Waals surface area contributed by atoms with Gasteiger partial charge in [-0.15, -0.1) is 0 Å². The molecule has 2 atom stereocenters. The molecule has 0 aliphatic heterocycles. The van der Waals surface area contributed by atoms with Crippen molar-refractivity contribution in [1.82, 2.24) is 0 Å². The highest BCUT2D eigenvalue weighted by Gasteiger charge is 2.37. The van der Waals surface area contributed by atoms with Crippen LogP contribution in [0.3, 0.4) is 0 Å². The van der Waals surface area contributed by atoms with Crippen molar-refractivity contribution >= 4 is 5.78 Å². The molecule has 0 radical (unpaired) electrons. The Bertz CT molecular complexity index is 221. The van der Waals surface area contributed by atoms with E-state index in [1.807, 2.05) is 0 Å². The SMILES string of the molecule is O=C1CCCCCCCCCCC2CC2C1. The number of carbonyl (C=O) groups excluding carboxylic acids is 1. The van der Waals surface area contributed by atoms with Crippen LogP contribution in [0.5, 0.6) is 0 Å². The van der Waals surface area contributed by atoms with E-state index in [-0.39, 0.29) is 0 Å². The summed E-state index contributed by atoms with van der Waals surface area (Å²) in [5.41, 5.74) is 0. The van der Waals surface area contributed by atoms with Crippen molar-refractivity contribution < 1.29 is 4.79 Å². The third kappa shape index (κ3) is 4.27. The van der Waals surface area contributed by atoms with Crippen LogP contribution in [-0.2, 0) is 4.79 Å². The lowest BCUT2D eigenvalue weighted by Gasteiger charge is -2.05. The van der Waals surface area contributed by atoms with Crippen molar-refractivity contribution in [2.45, 2.75) is 77.0 Å². The van der Waals surface area contributed by atoms with E-state index in [2.05, 4.69) is 0 Å². The van der Waals surface area contributed by atoms with E-state index >= 15 is 0 Å². The van der Waals surface area contributed by atoms with E-state index in [4.69, 9.17) is 0 Å². The Hall–Kier alpha value is -0.330. The molecule has 1 nitrogen and oxygen atoms in total. The van der Waals surface area contributed by atoms with Gasteiger partial charge in [0.25, 0.3) is 0 Å². The summed E-state index contributed by atoms with van der Waals surface area (Å²) in [6.07, 6.45) is 15.4. The summed E-state index contributed by atoms with van der Waals surface area (Å²) < 4.78 is 0. The molecule has 0 N–H and O–H groups in total. The highest BCUT2D eigenvalue weighted by Crippen LogP contribution is 2.45. The van der Waals surface area contributed by atoms with Crippen LogP contribution in [-0.4, -0.2) is 5.78 Å². The first-order valence-corrected chi connectivity index (χ1v) is 7.38. The van der Waals surface area contributed by atoms with Gasteiger partial charge in [0.1, 0.15) is 5.78 Å². The highest BCUT2D eigenvalue weighted by atomic mass is 16.1. The molecule has 0 aromatic heterocycles. The number of Topliss-reactive ketones (excluding diaryl/α,β-unsaturated/α-hetero) is 1. The summed E-state index contributed by atoms with van der Waals surface area (Å²) in [5, 5.41) is 0. The van der Waals surface area contributed by atoms with E-state index in [0.29, 0.717) is 5.78 Å². The van der Waals surface area contributed by atoms with Gasteiger partial charge in [-0.25, -0.2) is 0 Å². The topological polar surface area (TPSA) is 17.1 Å². The molecular formula is C15H26O. The first kappa shape index (κ1) is 12.1. The fourth-order valence-corrected chi connectivity index (χ4v) is 3.10. The number of carbonyl (C=O) groups is 1. The van der Waals surface area contributed by atoms with Crippen molar-refractivity contribution in [2.24, 2.45) is 11.8 Å². The molecule has 1 heteroatoms. The minimum absolute atomic E-state index is 0.546. The van der Waals surface area contributed by atoms with E-state index in [9.17, 15) is 4.79 Å². The maximum atomic E-state index is 11.7. The molecule has 0 heterocycles. The van der Waals surface area contributed by atoms with Gasteiger partial charge in [0, 0.05) is 12.8 Å². The molecule has 0 saturated heterocycles. The number of fused-ring (bicyclic) bond motifs is 1. The molecule has 0 aromatic carbocycles. The molecule has 2 rings (SSSR count). The zero-order valence-corrected chi connectivity index (χ0v) is 10.5. The molecule has 0 spiro atoms. The summed E-state index contributed by atoms with van der Waals surface area (Å²) in [6.45, 7) is 0. The zero-order chi connectivity index (χ0) is 11.2. The van der Waals surface area contributed by atoms with Crippen molar-refractivity contribution in [3.8, 4) is 0 Å². The lowest BCUT2D eigenvalue weighted by Crippen LogP contribution is -2.00. The molecule has 2 unspecified atom stereocenters. The van der Waals surface area contributed by atoms with Gasteiger partial charge in [-0.05, 0) is 24.7 Å². The number of hydrogen-bond acceptors (Lipinski definition) is 1. The Labute approximate surface area is 100.0 Å². The van der Waals surface area contributed by atoms with E-state index in [1.54, 1.807) is 0 Å². The van der Waals surface area contributed by atoms with Crippen molar-refractivity contribution in [2.75, 3.05) is 0 Å². The second-order valence-corrected chi connectivity index (χ2v) is 5.87. The van der Waals surface area contributed by atoms with E-state index < -0.39 is 0 Å². The molecule has 2 saturated carbocycles. The Morgan fingerprint density at radius 1 is 0.750 bits per heavy atom. The second kappa shape index (κ2) is 6.42. The molecule has 0 bridgehead atoms. The fourth-order valence-electron chi connectivity index (χ4n) is 3.10. The second-order valence-electron chi connectivity index (χ2n) is 5.87. The Kier molecular flexibility index (Phi) is 4.87. The minimum Gasteiger partial charge on any atom is -0.300 e. The number of ketones is 1. The van der Waals surface area contributed by atoms with Crippen molar-refractivity contribution in [3.63, 3.8) is 0 Å². The van der Waals surface area contributed by atoms with Crippen LogP contribution in [0.4, 0.5) is 0 Å². The summed E-state index contributed by atoms with van der Waals surface area (Å²) in [4.78, 5) is 11.7. The Morgan fingerprint density at radius 2 is 1.38 bits per heavy atom. The van der Waals surface area contributed by atoms with Gasteiger partial charge in [0.15, 0.2) is 0 Å². The van der Waals surface area contributed by atoms with Gasteiger partial charge in [-0.2, -0.15) is 0 Å². The molecule has 2 aliphatic carbocycles. The van der Waals surface area contributed by atoms with E-state index in [1.165, 1.54) is 57.8 Å². The van der Waals surface area contributed by atoms with Crippen LogP contribution in [0.1, 0.15) is 77.0 Å². The Morgan fingerprint density at radius 3 is 2.12 bits per heavy atom. The number of rotatable bonds is 0. The predicted octanol–water partition coefficient (Wildman–Crippen LogP) is 4.50. The van der Waals surface area contributed by atoms with Gasteiger partial charge in [0.2, 0.25) is 0 Å². The highest BCUT2D eigenvalue weighted by molar-refractivity contribution is 5.78. The van der Waals surface area contributed by atoms with Gasteiger partial charge in [-0.3, -0.25) is 4.79 Å². The van der Waals surface area contributed by atoms with Crippen LogP contribution in [0.25, 0.3) is 0 Å². The van der Waals surface area contributed by atoms with Crippen LogP contribution >= 0.6 is 0 Å². The van der Waals surface area contributed by atoms with Gasteiger partial charge in [-0.1, -0.05) is 51.4 Å². The summed E-state index contributed by atoms with van der Waals surface area (Å²) in [7, 11) is 0. The van der Waals surface area contributed by atoms with Crippen LogP contribution < -0.4 is 0 Å². The summed E-state index contributed by atoms with van der Waals surface area (Å²) in [5.74, 6) is 2.26. The third-order valence-corrected chi connectivity index (χ3v) is 4.34. The quantitative estimate of drug-likeness (QED) is 0.590. The lowest BCUT2D eigenvalue weighted by atomic mass is 10.0. The van der Waals surface area contributed by atoms with Gasteiger partial charge < -0.3 is 0 Å². The molecule has 16 heavy (non-hydrogen) atoms. The molecule has 2 fully saturated rings. The normalized spacial score (nSPS) is 33.9. The maximum Gasteiger partial charge on any atom is 0.133 e. The minimum atomic E-state index is 0.546. The standard InChI is InChI=1S/C15H26O/c16-15-10-8-6-4-2-1-3-5-7-9-13-11-14(13)12-15/h13-14H,1-12H2. The predicted molar refractivity (Wildman–Crippen MR) is 67.4 cm³/mol. The molecule has 0 aromatic rings. The maximum absolute atomic E-state index is 11.7. The van der Waals surface area contributed by atoms with Crippen LogP contribution in [0.15, 0.2) is 0 Å². The molecular weight excluding hydrogens is 196 g/mol. The van der Waals surface area contributed by atoms with Gasteiger partial charge >= 0.3 is 0 Å².